The molecular weight excluding hydrogens is 673 g/mol. The second-order valence-electron chi connectivity index (χ2n) is 14.5. The van der Waals surface area contributed by atoms with Crippen molar-refractivity contribution in [1.82, 2.24) is 18.9 Å². The zero-order valence-electron chi connectivity index (χ0n) is 29.4. The molecule has 0 N–H and O–H groups in total. The van der Waals surface area contributed by atoms with Crippen molar-refractivity contribution in [3.63, 3.8) is 0 Å². The molecule has 13 aromatic rings. The summed E-state index contributed by atoms with van der Waals surface area (Å²) in [6.45, 7) is 0. The lowest BCUT2D eigenvalue weighted by atomic mass is 10.0. The Balaban J connectivity index is 1.14. The fraction of sp³-hybridized carbons (Fsp3) is 0. The topological polar surface area (TPSA) is 48.3 Å². The fourth-order valence-electron chi connectivity index (χ4n) is 9.29. The van der Waals surface area contributed by atoms with E-state index in [2.05, 4.69) is 142 Å². The molecular formula is C50H28N4O. The highest BCUT2D eigenvalue weighted by Crippen LogP contribution is 2.47. The smallest absolute Gasteiger partial charge is 0.180 e. The monoisotopic (exact) mass is 700 g/mol. The Hall–Kier alpha value is -7.50. The summed E-state index contributed by atoms with van der Waals surface area (Å²) in [5.41, 5.74) is 12.2. The van der Waals surface area contributed by atoms with Gasteiger partial charge in [-0.15, -0.1) is 0 Å². The molecule has 0 saturated heterocycles. The first-order valence-corrected chi connectivity index (χ1v) is 18.7. The lowest BCUT2D eigenvalue weighted by Gasteiger charge is -2.12. The van der Waals surface area contributed by atoms with Crippen LogP contribution in [-0.2, 0) is 0 Å². The van der Waals surface area contributed by atoms with E-state index in [4.69, 9.17) is 14.4 Å². The molecule has 0 saturated carbocycles. The van der Waals surface area contributed by atoms with Crippen LogP contribution in [0.15, 0.2) is 174 Å². The van der Waals surface area contributed by atoms with E-state index in [1.54, 1.807) is 0 Å². The summed E-state index contributed by atoms with van der Waals surface area (Å²) in [6, 6.07) is 60.6. The number of aromatic nitrogens is 4. The number of fused-ring (bicyclic) bond motifs is 15. The van der Waals surface area contributed by atoms with E-state index in [1.165, 1.54) is 70.7 Å². The third-order valence-corrected chi connectivity index (χ3v) is 11.6. The molecule has 0 aliphatic carbocycles. The molecule has 0 amide bonds. The van der Waals surface area contributed by atoms with Crippen molar-refractivity contribution in [2.45, 2.75) is 0 Å². The Kier molecular flexibility index (Phi) is 5.57. The summed E-state index contributed by atoms with van der Waals surface area (Å²) in [7, 11) is 0. The van der Waals surface area contributed by atoms with Gasteiger partial charge in [0, 0.05) is 59.9 Å². The third kappa shape index (κ3) is 3.81. The van der Waals surface area contributed by atoms with Crippen LogP contribution in [0.25, 0.3) is 121 Å². The van der Waals surface area contributed by atoms with Crippen LogP contribution >= 0.6 is 0 Å². The standard InChI is InChI=1S/C50H28N4O/c1-2-13-31(14-3-1)50-51-44(49-45(52-50)37-18-8-11-21-42(37)55-49)30-22-25-32(26-23-30)53-46-33-15-5-4-12-29(33)24-27-35(46)39-28-38-34-16-6-9-19-40(34)54-41-20-10-7-17-36(41)43(47(39)53)48(38)54/h1-28H. The maximum absolute atomic E-state index is 6.50. The van der Waals surface area contributed by atoms with Gasteiger partial charge in [0.25, 0.3) is 0 Å². The molecule has 5 nitrogen and oxygen atoms in total. The van der Waals surface area contributed by atoms with Crippen molar-refractivity contribution < 1.29 is 4.42 Å². The minimum absolute atomic E-state index is 0.675. The lowest BCUT2D eigenvalue weighted by molar-refractivity contribution is 0.667. The second kappa shape index (κ2) is 10.6. The van der Waals surface area contributed by atoms with Gasteiger partial charge in [0.15, 0.2) is 11.4 Å². The Morgan fingerprint density at radius 1 is 0.436 bits per heavy atom. The van der Waals surface area contributed by atoms with Crippen LogP contribution < -0.4 is 0 Å². The number of rotatable bonds is 3. The average Bonchev–Trinajstić information content (AvgIpc) is 3.99. The maximum atomic E-state index is 6.50. The number of hydrogen-bond donors (Lipinski definition) is 0. The molecule has 5 heteroatoms. The van der Waals surface area contributed by atoms with Crippen LogP contribution in [0.4, 0.5) is 0 Å². The van der Waals surface area contributed by atoms with Crippen LogP contribution in [0.5, 0.6) is 0 Å². The molecule has 0 radical (unpaired) electrons. The average molecular weight is 701 g/mol. The third-order valence-electron chi connectivity index (χ3n) is 11.6. The molecule has 55 heavy (non-hydrogen) atoms. The van der Waals surface area contributed by atoms with E-state index in [-0.39, 0.29) is 0 Å². The van der Waals surface area contributed by atoms with Crippen molar-refractivity contribution in [3.8, 4) is 28.3 Å². The Morgan fingerprint density at radius 2 is 1.11 bits per heavy atom. The Morgan fingerprint density at radius 3 is 1.95 bits per heavy atom. The first-order chi connectivity index (χ1) is 27.3. The van der Waals surface area contributed by atoms with E-state index in [0.29, 0.717) is 11.4 Å². The van der Waals surface area contributed by atoms with Crippen LogP contribution in [0, 0.1) is 0 Å². The molecule has 5 heterocycles. The number of benzene rings is 8. The van der Waals surface area contributed by atoms with E-state index < -0.39 is 0 Å². The number of nitrogens with zero attached hydrogens (tertiary/aromatic N) is 4. The maximum Gasteiger partial charge on any atom is 0.180 e. The predicted octanol–water partition coefficient (Wildman–Crippen LogP) is 13.1. The predicted molar refractivity (Wildman–Crippen MR) is 227 cm³/mol. The second-order valence-corrected chi connectivity index (χ2v) is 14.5. The van der Waals surface area contributed by atoms with Gasteiger partial charge in [0.2, 0.25) is 0 Å². The first kappa shape index (κ1) is 29.0. The lowest BCUT2D eigenvalue weighted by Crippen LogP contribution is -1.97. The molecule has 0 spiro atoms. The molecule has 0 fully saturated rings. The van der Waals surface area contributed by atoms with Gasteiger partial charge in [-0.25, -0.2) is 9.97 Å². The summed E-state index contributed by atoms with van der Waals surface area (Å²) >= 11 is 0. The summed E-state index contributed by atoms with van der Waals surface area (Å²) in [6.07, 6.45) is 0. The first-order valence-electron chi connectivity index (χ1n) is 18.7. The van der Waals surface area contributed by atoms with Gasteiger partial charge >= 0.3 is 0 Å². The van der Waals surface area contributed by atoms with Crippen molar-refractivity contribution >= 4 is 92.7 Å². The SMILES string of the molecule is c1ccc(-c2nc(-c3ccc(-n4c5c6ccccc6ccc5c5cc6c7ccccc7n7c8ccccc8c(c54)c67)cc3)c3oc4ccccc4c3n2)cc1. The normalized spacial score (nSPS) is 12.4. The summed E-state index contributed by atoms with van der Waals surface area (Å²) in [5.74, 6) is 0.675. The minimum atomic E-state index is 0.675. The highest BCUT2D eigenvalue weighted by atomic mass is 16.3. The van der Waals surface area contributed by atoms with Gasteiger partial charge in [-0.3, -0.25) is 0 Å². The van der Waals surface area contributed by atoms with Crippen LogP contribution in [0.3, 0.4) is 0 Å². The molecule has 0 aliphatic rings. The highest BCUT2D eigenvalue weighted by molar-refractivity contribution is 6.35. The highest BCUT2D eigenvalue weighted by Gasteiger charge is 2.25. The molecule has 13 rings (SSSR count). The van der Waals surface area contributed by atoms with Gasteiger partial charge in [-0.1, -0.05) is 127 Å². The van der Waals surface area contributed by atoms with Crippen LogP contribution in [-0.4, -0.2) is 18.9 Å². The van der Waals surface area contributed by atoms with Crippen molar-refractivity contribution in [1.29, 1.82) is 0 Å². The van der Waals surface area contributed by atoms with E-state index in [1.807, 2.05) is 36.4 Å². The Bertz CT molecular complexity index is 3700. The summed E-state index contributed by atoms with van der Waals surface area (Å²) in [5, 5.41) is 11.0. The van der Waals surface area contributed by atoms with Gasteiger partial charge < -0.3 is 13.4 Å². The van der Waals surface area contributed by atoms with Crippen molar-refractivity contribution in [2.75, 3.05) is 0 Å². The minimum Gasteiger partial charge on any atom is -0.452 e. The zero-order valence-corrected chi connectivity index (χ0v) is 29.4. The van der Waals surface area contributed by atoms with Gasteiger partial charge in [-0.2, -0.15) is 0 Å². The van der Waals surface area contributed by atoms with Crippen molar-refractivity contribution in [2.24, 2.45) is 0 Å². The molecule has 0 unspecified atom stereocenters. The Labute approximate surface area is 313 Å². The van der Waals surface area contributed by atoms with Crippen LogP contribution in [0.2, 0.25) is 0 Å². The molecule has 5 aromatic heterocycles. The van der Waals surface area contributed by atoms with Gasteiger partial charge in [-0.05, 0) is 47.9 Å². The van der Waals surface area contributed by atoms with E-state index in [0.717, 1.165) is 39.0 Å². The van der Waals surface area contributed by atoms with E-state index in [9.17, 15) is 0 Å². The zero-order chi connectivity index (χ0) is 35.8. The summed E-state index contributed by atoms with van der Waals surface area (Å²) < 4.78 is 11.5. The number of hydrogen-bond acceptors (Lipinski definition) is 3. The quantitative estimate of drug-likeness (QED) is 0.184. The van der Waals surface area contributed by atoms with Crippen molar-refractivity contribution in [3.05, 3.63) is 170 Å². The molecule has 0 bridgehead atoms. The van der Waals surface area contributed by atoms with Crippen LogP contribution in [0.1, 0.15) is 0 Å². The molecule has 0 aliphatic heterocycles. The largest absolute Gasteiger partial charge is 0.452 e. The molecule has 254 valence electrons. The number of para-hydroxylation sites is 3. The van der Waals surface area contributed by atoms with E-state index >= 15 is 0 Å². The van der Waals surface area contributed by atoms with Gasteiger partial charge in [0.1, 0.15) is 16.8 Å². The molecule has 0 atom stereocenters. The molecule has 8 aromatic carbocycles. The number of furan rings is 1. The summed E-state index contributed by atoms with van der Waals surface area (Å²) in [4.78, 5) is 10.2. The fourth-order valence-corrected chi connectivity index (χ4v) is 9.29. The van der Waals surface area contributed by atoms with Gasteiger partial charge in [0.05, 0.1) is 27.6 Å².